The second-order valence-electron chi connectivity index (χ2n) is 7.28. The molecule has 0 radical (unpaired) electrons. The van der Waals surface area contributed by atoms with Crippen LogP contribution in [0.1, 0.15) is 18.4 Å². The molecule has 3 aromatic carbocycles. The van der Waals surface area contributed by atoms with Gasteiger partial charge in [-0.15, -0.1) is 0 Å². The zero-order valence-electron chi connectivity index (χ0n) is 16.7. The van der Waals surface area contributed by atoms with Crippen LogP contribution in [-0.2, 0) is 6.18 Å². The second kappa shape index (κ2) is 9.07. The SMILES string of the molecule is FC(F)(F)c1ccc(N=Nc2ccc(NNc3ccc(N4CCCC4)cc3)cc2)cc1. The molecule has 160 valence electrons. The molecule has 0 aromatic heterocycles. The zero-order valence-corrected chi connectivity index (χ0v) is 16.7. The molecule has 1 saturated heterocycles. The summed E-state index contributed by atoms with van der Waals surface area (Å²) in [6, 6.07) is 20.1. The van der Waals surface area contributed by atoms with Gasteiger partial charge in [0.05, 0.1) is 28.3 Å². The van der Waals surface area contributed by atoms with Crippen LogP contribution >= 0.6 is 0 Å². The molecule has 0 bridgehead atoms. The lowest BCUT2D eigenvalue weighted by Gasteiger charge is -2.18. The van der Waals surface area contributed by atoms with Crippen LogP contribution in [0.4, 0.5) is 41.6 Å². The van der Waals surface area contributed by atoms with Crippen LogP contribution in [-0.4, -0.2) is 13.1 Å². The van der Waals surface area contributed by atoms with Gasteiger partial charge in [-0.1, -0.05) is 0 Å². The quantitative estimate of drug-likeness (QED) is 0.325. The molecule has 8 heteroatoms. The molecule has 5 nitrogen and oxygen atoms in total. The molecule has 0 unspecified atom stereocenters. The van der Waals surface area contributed by atoms with E-state index in [2.05, 4.69) is 38.1 Å². The Hall–Kier alpha value is -3.55. The van der Waals surface area contributed by atoms with Crippen LogP contribution in [0.5, 0.6) is 0 Å². The minimum Gasteiger partial charge on any atom is -0.372 e. The fourth-order valence-corrected chi connectivity index (χ4v) is 3.32. The van der Waals surface area contributed by atoms with E-state index >= 15 is 0 Å². The Morgan fingerprint density at radius 3 is 1.58 bits per heavy atom. The van der Waals surface area contributed by atoms with Gasteiger partial charge in [0.15, 0.2) is 0 Å². The summed E-state index contributed by atoms with van der Waals surface area (Å²) in [6.45, 7) is 2.24. The van der Waals surface area contributed by atoms with E-state index in [9.17, 15) is 13.2 Å². The first kappa shape index (κ1) is 20.7. The van der Waals surface area contributed by atoms with Crippen LogP contribution in [0.3, 0.4) is 0 Å². The highest BCUT2D eigenvalue weighted by Crippen LogP contribution is 2.31. The highest BCUT2D eigenvalue weighted by molar-refractivity contribution is 5.59. The summed E-state index contributed by atoms with van der Waals surface area (Å²) < 4.78 is 37.8. The van der Waals surface area contributed by atoms with E-state index in [4.69, 9.17) is 0 Å². The summed E-state index contributed by atoms with van der Waals surface area (Å²) in [5.74, 6) is 0. The van der Waals surface area contributed by atoms with Gasteiger partial charge in [-0.05, 0) is 85.6 Å². The third-order valence-corrected chi connectivity index (χ3v) is 5.03. The van der Waals surface area contributed by atoms with Crippen molar-refractivity contribution in [1.82, 2.24) is 0 Å². The molecular weight excluding hydrogens is 403 g/mol. The number of azo groups is 1. The Labute approximate surface area is 178 Å². The van der Waals surface area contributed by atoms with Crippen molar-refractivity contribution >= 4 is 28.4 Å². The number of nitrogens with zero attached hydrogens (tertiary/aromatic N) is 3. The fourth-order valence-electron chi connectivity index (χ4n) is 3.32. The van der Waals surface area contributed by atoms with Crippen molar-refractivity contribution in [1.29, 1.82) is 0 Å². The van der Waals surface area contributed by atoms with E-state index in [1.807, 2.05) is 24.3 Å². The predicted octanol–water partition coefficient (Wildman–Crippen LogP) is 7.16. The summed E-state index contributed by atoms with van der Waals surface area (Å²) >= 11 is 0. The lowest BCUT2D eigenvalue weighted by Crippen LogP contribution is -2.17. The molecule has 0 saturated carbocycles. The number of rotatable bonds is 6. The standard InChI is InChI=1S/C23H22F3N5/c24-23(25,26)17-3-5-18(6-4-17)27-28-19-7-9-20(10-8-19)29-30-21-11-13-22(14-12-21)31-15-1-2-16-31/h3-14,29-30H,1-2,15-16H2. The molecule has 1 aliphatic heterocycles. The van der Waals surface area contributed by atoms with E-state index < -0.39 is 11.7 Å². The van der Waals surface area contributed by atoms with Gasteiger partial charge in [0.25, 0.3) is 0 Å². The van der Waals surface area contributed by atoms with Crippen molar-refractivity contribution in [3.63, 3.8) is 0 Å². The minimum atomic E-state index is -4.36. The molecule has 3 aromatic rings. The van der Waals surface area contributed by atoms with Crippen molar-refractivity contribution in [2.24, 2.45) is 10.2 Å². The van der Waals surface area contributed by atoms with E-state index in [-0.39, 0.29) is 0 Å². The molecule has 31 heavy (non-hydrogen) atoms. The molecule has 0 amide bonds. The van der Waals surface area contributed by atoms with Gasteiger partial charge in [0.2, 0.25) is 0 Å². The Balaban J connectivity index is 1.30. The van der Waals surface area contributed by atoms with Crippen molar-refractivity contribution < 1.29 is 13.2 Å². The van der Waals surface area contributed by atoms with Crippen molar-refractivity contribution in [2.45, 2.75) is 19.0 Å². The highest BCUT2D eigenvalue weighted by Gasteiger charge is 2.29. The van der Waals surface area contributed by atoms with Gasteiger partial charge in [-0.25, -0.2) is 0 Å². The largest absolute Gasteiger partial charge is 0.416 e. The summed E-state index contributed by atoms with van der Waals surface area (Å²) in [6.07, 6.45) is -1.86. The first-order valence-electron chi connectivity index (χ1n) is 10.0. The third-order valence-electron chi connectivity index (χ3n) is 5.03. The molecular formula is C23H22F3N5. The second-order valence-corrected chi connectivity index (χ2v) is 7.28. The van der Waals surface area contributed by atoms with E-state index in [0.29, 0.717) is 11.4 Å². The van der Waals surface area contributed by atoms with Gasteiger partial charge >= 0.3 is 6.18 Å². The number of anilines is 3. The maximum Gasteiger partial charge on any atom is 0.416 e. The van der Waals surface area contributed by atoms with Gasteiger partial charge < -0.3 is 15.8 Å². The Kier molecular flexibility index (Phi) is 6.06. The highest BCUT2D eigenvalue weighted by atomic mass is 19.4. The van der Waals surface area contributed by atoms with Crippen molar-refractivity contribution in [3.05, 3.63) is 78.4 Å². The predicted molar refractivity (Wildman–Crippen MR) is 117 cm³/mol. The van der Waals surface area contributed by atoms with Gasteiger partial charge in [-0.3, -0.25) is 0 Å². The summed E-state index contributed by atoms with van der Waals surface area (Å²) in [4.78, 5) is 2.38. The lowest BCUT2D eigenvalue weighted by atomic mass is 10.2. The molecule has 0 aliphatic carbocycles. The number of halogens is 3. The smallest absolute Gasteiger partial charge is 0.372 e. The van der Waals surface area contributed by atoms with Crippen LogP contribution in [0.25, 0.3) is 0 Å². The number of hydrazine groups is 1. The maximum atomic E-state index is 12.6. The minimum absolute atomic E-state index is 0.356. The molecule has 0 atom stereocenters. The average Bonchev–Trinajstić information content (AvgIpc) is 3.32. The molecule has 2 N–H and O–H groups in total. The Morgan fingerprint density at radius 2 is 1.10 bits per heavy atom. The Morgan fingerprint density at radius 1 is 0.645 bits per heavy atom. The first-order valence-corrected chi connectivity index (χ1v) is 10.0. The number of benzene rings is 3. The average molecular weight is 425 g/mol. The van der Waals surface area contributed by atoms with E-state index in [0.717, 1.165) is 36.6 Å². The number of nitrogens with one attached hydrogen (secondary N) is 2. The van der Waals surface area contributed by atoms with Gasteiger partial charge in [0.1, 0.15) is 0 Å². The van der Waals surface area contributed by atoms with Crippen molar-refractivity contribution in [3.8, 4) is 0 Å². The molecule has 1 heterocycles. The Bertz CT molecular complexity index is 1010. The van der Waals surface area contributed by atoms with Crippen LogP contribution in [0.2, 0.25) is 0 Å². The number of hydrogen-bond donors (Lipinski definition) is 2. The normalized spacial score (nSPS) is 14.2. The molecule has 4 rings (SSSR count). The molecule has 1 aliphatic rings. The summed E-state index contributed by atoms with van der Waals surface area (Å²) in [7, 11) is 0. The lowest BCUT2D eigenvalue weighted by molar-refractivity contribution is -0.137. The number of alkyl halides is 3. The summed E-state index contributed by atoms with van der Waals surface area (Å²) in [5, 5.41) is 8.05. The zero-order chi connectivity index (χ0) is 21.7. The molecule has 1 fully saturated rings. The topological polar surface area (TPSA) is 52.0 Å². The fraction of sp³-hybridized carbons (Fsp3) is 0.217. The van der Waals surface area contributed by atoms with Crippen LogP contribution in [0, 0.1) is 0 Å². The van der Waals surface area contributed by atoms with E-state index in [1.54, 1.807) is 12.1 Å². The summed E-state index contributed by atoms with van der Waals surface area (Å²) in [5.41, 5.74) is 9.57. The van der Waals surface area contributed by atoms with Crippen molar-refractivity contribution in [2.75, 3.05) is 28.8 Å². The van der Waals surface area contributed by atoms with Gasteiger partial charge in [-0.2, -0.15) is 23.4 Å². The maximum absolute atomic E-state index is 12.6. The first-order chi connectivity index (χ1) is 15.0. The monoisotopic (exact) mass is 425 g/mol. The molecule has 0 spiro atoms. The third kappa shape index (κ3) is 5.53. The van der Waals surface area contributed by atoms with Crippen LogP contribution in [0.15, 0.2) is 83.0 Å². The number of hydrogen-bond acceptors (Lipinski definition) is 5. The van der Waals surface area contributed by atoms with E-state index in [1.165, 1.54) is 30.7 Å². The van der Waals surface area contributed by atoms with Gasteiger partial charge in [0, 0.05) is 18.8 Å². The van der Waals surface area contributed by atoms with Crippen LogP contribution < -0.4 is 15.8 Å².